The van der Waals surface area contributed by atoms with E-state index >= 15 is 0 Å². The molecule has 0 atom stereocenters. The standard InChI is InChI=1S/C22H23N5O/c1-26(2)12-13-27-11-10-17-14-18(8-9-21(17)27)23-22(28)20-15-19(24-25-20)16-6-4-3-5-7-16/h3-11,14-15H,12-13H2,1-2H3,(H,23,28)(H,24,25). The van der Waals surface area contributed by atoms with Gasteiger partial charge >= 0.3 is 0 Å². The highest BCUT2D eigenvalue weighted by Crippen LogP contribution is 2.22. The number of H-pyrrole nitrogens is 1. The van der Waals surface area contributed by atoms with Crippen LogP contribution >= 0.6 is 0 Å². The molecule has 0 spiro atoms. The Bertz CT molecular complexity index is 1090. The third kappa shape index (κ3) is 3.82. The average molecular weight is 373 g/mol. The van der Waals surface area contributed by atoms with Gasteiger partial charge in [-0.1, -0.05) is 30.3 Å². The van der Waals surface area contributed by atoms with Crippen LogP contribution in [0.5, 0.6) is 0 Å². The number of anilines is 1. The summed E-state index contributed by atoms with van der Waals surface area (Å²) in [6.45, 7) is 1.91. The van der Waals surface area contributed by atoms with Crippen LogP contribution in [0.25, 0.3) is 22.2 Å². The number of amides is 1. The minimum Gasteiger partial charge on any atom is -0.346 e. The van der Waals surface area contributed by atoms with Gasteiger partial charge in [0.2, 0.25) is 0 Å². The Hall–Kier alpha value is -3.38. The van der Waals surface area contributed by atoms with Crippen molar-refractivity contribution in [1.29, 1.82) is 0 Å². The Balaban J connectivity index is 1.49. The lowest BCUT2D eigenvalue weighted by Gasteiger charge is -2.11. The normalized spacial score (nSPS) is 11.2. The number of aromatic amines is 1. The molecule has 4 rings (SSSR count). The predicted molar refractivity (Wildman–Crippen MR) is 112 cm³/mol. The zero-order valence-corrected chi connectivity index (χ0v) is 16.0. The van der Waals surface area contributed by atoms with E-state index in [1.807, 2.05) is 48.5 Å². The molecule has 0 unspecified atom stereocenters. The van der Waals surface area contributed by atoms with Crippen LogP contribution in [-0.2, 0) is 6.54 Å². The van der Waals surface area contributed by atoms with Crippen LogP contribution in [0, 0.1) is 0 Å². The molecule has 2 aromatic heterocycles. The quantitative estimate of drug-likeness (QED) is 0.540. The second kappa shape index (κ2) is 7.70. The average Bonchev–Trinajstić information content (AvgIpc) is 3.34. The highest BCUT2D eigenvalue weighted by Gasteiger charge is 2.12. The van der Waals surface area contributed by atoms with Crippen molar-refractivity contribution in [3.8, 4) is 11.3 Å². The molecule has 2 N–H and O–H groups in total. The third-order valence-corrected chi connectivity index (χ3v) is 4.71. The molecule has 6 nitrogen and oxygen atoms in total. The molecule has 0 fully saturated rings. The molecule has 28 heavy (non-hydrogen) atoms. The van der Waals surface area contributed by atoms with E-state index in [4.69, 9.17) is 0 Å². The SMILES string of the molecule is CN(C)CCn1ccc2cc(NC(=O)c3cc(-c4ccccc4)n[nH]3)ccc21. The van der Waals surface area contributed by atoms with E-state index in [0.29, 0.717) is 5.69 Å². The van der Waals surface area contributed by atoms with Crippen molar-refractivity contribution >= 4 is 22.5 Å². The molecule has 1 amide bonds. The Labute approximate surface area is 163 Å². The van der Waals surface area contributed by atoms with Crippen molar-refractivity contribution in [3.63, 3.8) is 0 Å². The fourth-order valence-electron chi connectivity index (χ4n) is 3.17. The molecule has 2 aromatic carbocycles. The molecule has 142 valence electrons. The van der Waals surface area contributed by atoms with Crippen LogP contribution < -0.4 is 5.32 Å². The first-order chi connectivity index (χ1) is 13.6. The van der Waals surface area contributed by atoms with Gasteiger partial charge in [-0.3, -0.25) is 9.89 Å². The lowest BCUT2D eigenvalue weighted by Crippen LogP contribution is -2.17. The molecule has 0 radical (unpaired) electrons. The zero-order valence-electron chi connectivity index (χ0n) is 16.0. The summed E-state index contributed by atoms with van der Waals surface area (Å²) in [5.41, 5.74) is 4.08. The van der Waals surface area contributed by atoms with E-state index in [9.17, 15) is 4.79 Å². The van der Waals surface area contributed by atoms with Gasteiger partial charge in [0.25, 0.3) is 5.91 Å². The summed E-state index contributed by atoms with van der Waals surface area (Å²) in [4.78, 5) is 14.7. The Kier molecular flexibility index (Phi) is 4.95. The topological polar surface area (TPSA) is 65.9 Å². The van der Waals surface area contributed by atoms with Crippen LogP contribution in [0.15, 0.2) is 66.9 Å². The number of nitrogens with zero attached hydrogens (tertiary/aromatic N) is 3. The minimum atomic E-state index is -0.207. The van der Waals surface area contributed by atoms with Crippen LogP contribution in [0.1, 0.15) is 10.5 Å². The summed E-state index contributed by atoms with van der Waals surface area (Å²) in [5.74, 6) is -0.207. The number of likely N-dealkylation sites (N-methyl/N-ethyl adjacent to an activating group) is 1. The van der Waals surface area contributed by atoms with Crippen molar-refractivity contribution < 1.29 is 4.79 Å². The number of aromatic nitrogens is 3. The van der Waals surface area contributed by atoms with E-state index in [1.165, 1.54) is 0 Å². The van der Waals surface area contributed by atoms with Crippen LogP contribution in [0.2, 0.25) is 0 Å². The fraction of sp³-hybridized carbons (Fsp3) is 0.182. The van der Waals surface area contributed by atoms with Gasteiger partial charge < -0.3 is 14.8 Å². The van der Waals surface area contributed by atoms with E-state index in [0.717, 1.165) is 40.9 Å². The van der Waals surface area contributed by atoms with Crippen LogP contribution in [-0.4, -0.2) is 46.2 Å². The van der Waals surface area contributed by atoms with Crippen molar-refractivity contribution in [2.24, 2.45) is 0 Å². The Morgan fingerprint density at radius 3 is 2.71 bits per heavy atom. The highest BCUT2D eigenvalue weighted by atomic mass is 16.1. The first-order valence-corrected chi connectivity index (χ1v) is 9.26. The summed E-state index contributed by atoms with van der Waals surface area (Å²) in [6.07, 6.45) is 2.08. The molecule has 6 heteroatoms. The molecule has 0 saturated heterocycles. The van der Waals surface area contributed by atoms with Gasteiger partial charge in [-0.25, -0.2) is 0 Å². The summed E-state index contributed by atoms with van der Waals surface area (Å²) < 4.78 is 2.22. The lowest BCUT2D eigenvalue weighted by molar-refractivity contribution is 0.102. The minimum absolute atomic E-state index is 0.207. The van der Waals surface area contributed by atoms with Gasteiger partial charge in [0, 0.05) is 41.4 Å². The summed E-state index contributed by atoms with van der Waals surface area (Å²) in [7, 11) is 4.13. The van der Waals surface area contributed by atoms with Gasteiger partial charge in [-0.2, -0.15) is 5.10 Å². The van der Waals surface area contributed by atoms with Gasteiger partial charge in [-0.05, 0) is 44.4 Å². The molecular weight excluding hydrogens is 350 g/mol. The molecule has 0 aliphatic carbocycles. The Morgan fingerprint density at radius 1 is 1.11 bits per heavy atom. The van der Waals surface area contributed by atoms with Crippen molar-refractivity contribution in [3.05, 3.63) is 72.6 Å². The van der Waals surface area contributed by atoms with E-state index in [2.05, 4.69) is 51.3 Å². The highest BCUT2D eigenvalue weighted by molar-refractivity contribution is 6.04. The largest absolute Gasteiger partial charge is 0.346 e. The first kappa shape index (κ1) is 18.0. The number of hydrogen-bond donors (Lipinski definition) is 2. The summed E-state index contributed by atoms with van der Waals surface area (Å²) in [5, 5.41) is 11.1. The van der Waals surface area contributed by atoms with E-state index in [1.54, 1.807) is 6.07 Å². The summed E-state index contributed by atoms with van der Waals surface area (Å²) >= 11 is 0. The number of carbonyl (C=O) groups is 1. The smallest absolute Gasteiger partial charge is 0.273 e. The van der Waals surface area contributed by atoms with Gasteiger partial charge in [0.15, 0.2) is 0 Å². The third-order valence-electron chi connectivity index (χ3n) is 4.71. The van der Waals surface area contributed by atoms with Gasteiger partial charge in [-0.15, -0.1) is 0 Å². The molecule has 0 bridgehead atoms. The van der Waals surface area contributed by atoms with Crippen LogP contribution in [0.3, 0.4) is 0 Å². The molecule has 2 heterocycles. The maximum Gasteiger partial charge on any atom is 0.273 e. The second-order valence-electron chi connectivity index (χ2n) is 7.07. The van der Waals surface area contributed by atoms with Crippen molar-refractivity contribution in [1.82, 2.24) is 19.7 Å². The number of fused-ring (bicyclic) bond motifs is 1. The second-order valence-corrected chi connectivity index (χ2v) is 7.07. The first-order valence-electron chi connectivity index (χ1n) is 9.26. The maximum absolute atomic E-state index is 12.6. The Morgan fingerprint density at radius 2 is 1.93 bits per heavy atom. The lowest BCUT2D eigenvalue weighted by atomic mass is 10.1. The number of benzene rings is 2. The monoisotopic (exact) mass is 373 g/mol. The van der Waals surface area contributed by atoms with E-state index < -0.39 is 0 Å². The molecular formula is C22H23N5O. The van der Waals surface area contributed by atoms with Gasteiger partial charge in [0.1, 0.15) is 5.69 Å². The fourth-order valence-corrected chi connectivity index (χ4v) is 3.17. The van der Waals surface area contributed by atoms with Crippen molar-refractivity contribution in [2.45, 2.75) is 6.54 Å². The van der Waals surface area contributed by atoms with Crippen LogP contribution in [0.4, 0.5) is 5.69 Å². The molecule has 4 aromatic rings. The number of nitrogens with one attached hydrogen (secondary N) is 2. The predicted octanol–water partition coefficient (Wildman–Crippen LogP) is 3.85. The molecule has 0 aliphatic heterocycles. The zero-order chi connectivity index (χ0) is 19.5. The number of hydrogen-bond acceptors (Lipinski definition) is 3. The van der Waals surface area contributed by atoms with E-state index in [-0.39, 0.29) is 5.91 Å². The molecule has 0 aliphatic rings. The van der Waals surface area contributed by atoms with Gasteiger partial charge in [0.05, 0.1) is 5.69 Å². The molecule has 0 saturated carbocycles. The number of carbonyl (C=O) groups excluding carboxylic acids is 1. The van der Waals surface area contributed by atoms with Crippen molar-refractivity contribution in [2.75, 3.05) is 26.0 Å². The summed E-state index contributed by atoms with van der Waals surface area (Å²) in [6, 6.07) is 19.6. The number of rotatable bonds is 6. The maximum atomic E-state index is 12.6.